The van der Waals surface area contributed by atoms with Crippen molar-refractivity contribution in [3.63, 3.8) is 0 Å². The Bertz CT molecular complexity index is 459. The number of nitrogens with one attached hydrogen (secondary N) is 2. The first-order valence-corrected chi connectivity index (χ1v) is 6.04. The molecule has 2 amide bonds. The van der Waals surface area contributed by atoms with Gasteiger partial charge in [-0.05, 0) is 31.9 Å². The summed E-state index contributed by atoms with van der Waals surface area (Å²) in [7, 11) is 0. The molecule has 1 aliphatic carbocycles. The van der Waals surface area contributed by atoms with Gasteiger partial charge in [0.2, 0.25) is 5.91 Å². The molecule has 0 aromatic carbocycles. The quantitative estimate of drug-likeness (QED) is 0.834. The molecule has 0 spiro atoms. The van der Waals surface area contributed by atoms with Gasteiger partial charge in [-0.15, -0.1) is 10.2 Å². The molecule has 1 unspecified atom stereocenters. The normalized spacial score (nSPS) is 15.9. The fraction of sp³-hybridized carbons (Fsp3) is 0.455. The van der Waals surface area contributed by atoms with Gasteiger partial charge >= 0.3 is 0 Å². The van der Waals surface area contributed by atoms with Crippen molar-refractivity contribution in [2.75, 3.05) is 0 Å². The maximum Gasteiger partial charge on any atom is 0.272 e. The van der Waals surface area contributed by atoms with Crippen molar-refractivity contribution in [2.24, 2.45) is 0 Å². The highest BCUT2D eigenvalue weighted by molar-refractivity contribution is 6.29. The molecule has 96 valence electrons. The van der Waals surface area contributed by atoms with Crippen LogP contribution < -0.4 is 10.6 Å². The second-order valence-corrected chi connectivity index (χ2v) is 4.61. The summed E-state index contributed by atoms with van der Waals surface area (Å²) in [6.07, 6.45) is 2.02. The summed E-state index contributed by atoms with van der Waals surface area (Å²) in [6, 6.07) is 2.59. The van der Waals surface area contributed by atoms with Crippen molar-refractivity contribution in [3.05, 3.63) is 23.0 Å². The van der Waals surface area contributed by atoms with Crippen LogP contribution in [0.5, 0.6) is 0 Å². The Hall–Kier alpha value is -1.69. The molecule has 7 heteroatoms. The molecule has 0 radical (unpaired) electrons. The van der Waals surface area contributed by atoms with Gasteiger partial charge in [0.1, 0.15) is 6.04 Å². The van der Waals surface area contributed by atoms with Crippen LogP contribution in [0, 0.1) is 0 Å². The molecule has 1 aromatic heterocycles. The predicted molar refractivity (Wildman–Crippen MR) is 65.1 cm³/mol. The van der Waals surface area contributed by atoms with E-state index < -0.39 is 11.9 Å². The van der Waals surface area contributed by atoms with Crippen molar-refractivity contribution in [3.8, 4) is 0 Å². The largest absolute Gasteiger partial charge is 0.352 e. The van der Waals surface area contributed by atoms with Gasteiger partial charge in [-0.3, -0.25) is 9.59 Å². The molecule has 18 heavy (non-hydrogen) atoms. The minimum atomic E-state index is -0.601. The molecule has 1 saturated carbocycles. The molecule has 0 saturated heterocycles. The highest BCUT2D eigenvalue weighted by Crippen LogP contribution is 2.18. The number of carbonyl (C=O) groups is 2. The first-order valence-electron chi connectivity index (χ1n) is 5.66. The molecule has 1 aliphatic rings. The number of halogens is 1. The Balaban J connectivity index is 1.89. The molecule has 1 fully saturated rings. The molecule has 0 aliphatic heterocycles. The maximum atomic E-state index is 11.7. The van der Waals surface area contributed by atoms with Crippen LogP contribution in [0.2, 0.25) is 5.15 Å². The Labute approximate surface area is 109 Å². The predicted octanol–water partition coefficient (Wildman–Crippen LogP) is 0.527. The van der Waals surface area contributed by atoms with E-state index in [-0.39, 0.29) is 22.8 Å². The second kappa shape index (κ2) is 5.30. The minimum Gasteiger partial charge on any atom is -0.352 e. The Morgan fingerprint density at radius 2 is 2.11 bits per heavy atom. The topological polar surface area (TPSA) is 84.0 Å². The summed E-state index contributed by atoms with van der Waals surface area (Å²) in [4.78, 5) is 23.4. The number of hydrogen-bond acceptors (Lipinski definition) is 4. The third kappa shape index (κ3) is 3.40. The lowest BCUT2D eigenvalue weighted by Crippen LogP contribution is -2.45. The average Bonchev–Trinajstić information content (AvgIpc) is 3.13. The number of aromatic nitrogens is 2. The van der Waals surface area contributed by atoms with E-state index in [1.807, 2.05) is 0 Å². The zero-order valence-electron chi connectivity index (χ0n) is 9.81. The van der Waals surface area contributed by atoms with Gasteiger partial charge in [-0.2, -0.15) is 0 Å². The van der Waals surface area contributed by atoms with Crippen molar-refractivity contribution in [2.45, 2.75) is 31.8 Å². The highest BCUT2D eigenvalue weighted by atomic mass is 35.5. The van der Waals surface area contributed by atoms with Crippen LogP contribution >= 0.6 is 11.6 Å². The number of amides is 2. The van der Waals surface area contributed by atoms with Crippen LogP contribution in [-0.2, 0) is 4.79 Å². The molecule has 6 nitrogen and oxygen atoms in total. The molecule has 2 rings (SSSR count). The number of hydrogen-bond donors (Lipinski definition) is 2. The van der Waals surface area contributed by atoms with Crippen LogP contribution in [0.1, 0.15) is 30.3 Å². The lowest BCUT2D eigenvalue weighted by atomic mass is 10.3. The van der Waals surface area contributed by atoms with E-state index in [0.717, 1.165) is 12.8 Å². The zero-order valence-corrected chi connectivity index (χ0v) is 10.6. The Morgan fingerprint density at radius 1 is 1.39 bits per heavy atom. The fourth-order valence-corrected chi connectivity index (χ4v) is 1.43. The molecule has 1 atom stereocenters. The summed E-state index contributed by atoms with van der Waals surface area (Å²) in [5, 5.41) is 12.8. The van der Waals surface area contributed by atoms with Crippen molar-refractivity contribution < 1.29 is 9.59 Å². The summed E-state index contributed by atoms with van der Waals surface area (Å²) < 4.78 is 0. The molecule has 2 N–H and O–H groups in total. The fourth-order valence-electron chi connectivity index (χ4n) is 1.33. The summed E-state index contributed by atoms with van der Waals surface area (Å²) >= 11 is 5.57. The molecular formula is C11H13ClN4O2. The Kier molecular flexibility index (Phi) is 3.76. The van der Waals surface area contributed by atoms with E-state index in [2.05, 4.69) is 20.8 Å². The van der Waals surface area contributed by atoms with Crippen molar-refractivity contribution in [1.82, 2.24) is 20.8 Å². The smallest absolute Gasteiger partial charge is 0.272 e. The number of rotatable bonds is 4. The standard InChI is InChI=1S/C11H13ClN4O2/c1-6(10(17)14-7-2-3-7)13-11(18)8-4-5-9(12)16-15-8/h4-7H,2-3H2,1H3,(H,13,18)(H,14,17). The third-order valence-electron chi connectivity index (χ3n) is 2.53. The summed E-state index contributed by atoms with van der Waals surface area (Å²) in [5.74, 6) is -0.634. The van der Waals surface area contributed by atoms with Gasteiger partial charge in [-0.25, -0.2) is 0 Å². The summed E-state index contributed by atoms with van der Waals surface area (Å²) in [5.41, 5.74) is 0.130. The van der Waals surface area contributed by atoms with E-state index in [4.69, 9.17) is 11.6 Å². The monoisotopic (exact) mass is 268 g/mol. The number of nitrogens with zero attached hydrogens (tertiary/aromatic N) is 2. The molecule has 0 bridgehead atoms. The lowest BCUT2D eigenvalue weighted by Gasteiger charge is -2.13. The first-order chi connectivity index (χ1) is 8.56. The van der Waals surface area contributed by atoms with Crippen molar-refractivity contribution >= 4 is 23.4 Å². The zero-order chi connectivity index (χ0) is 13.1. The van der Waals surface area contributed by atoms with Crippen LogP contribution in [0.4, 0.5) is 0 Å². The minimum absolute atomic E-state index is 0.130. The summed E-state index contributed by atoms with van der Waals surface area (Å²) in [6.45, 7) is 1.62. The van der Waals surface area contributed by atoms with Gasteiger partial charge < -0.3 is 10.6 Å². The van der Waals surface area contributed by atoms with Crippen LogP contribution in [0.25, 0.3) is 0 Å². The molecular weight excluding hydrogens is 256 g/mol. The van der Waals surface area contributed by atoms with Gasteiger partial charge in [0, 0.05) is 6.04 Å². The molecule has 1 aromatic rings. The SMILES string of the molecule is CC(NC(=O)c1ccc(Cl)nn1)C(=O)NC1CC1. The maximum absolute atomic E-state index is 11.7. The van der Waals surface area contributed by atoms with E-state index in [1.54, 1.807) is 6.92 Å². The van der Waals surface area contributed by atoms with Crippen LogP contribution in [-0.4, -0.2) is 34.1 Å². The highest BCUT2D eigenvalue weighted by Gasteiger charge is 2.26. The third-order valence-corrected chi connectivity index (χ3v) is 2.73. The first kappa shape index (κ1) is 12.8. The van der Waals surface area contributed by atoms with Crippen LogP contribution in [0.3, 0.4) is 0 Å². The van der Waals surface area contributed by atoms with Gasteiger partial charge in [0.15, 0.2) is 10.8 Å². The molecule has 1 heterocycles. The van der Waals surface area contributed by atoms with Gasteiger partial charge in [-0.1, -0.05) is 11.6 Å². The van der Waals surface area contributed by atoms with Gasteiger partial charge in [0.25, 0.3) is 5.91 Å². The Morgan fingerprint density at radius 3 is 2.67 bits per heavy atom. The van der Waals surface area contributed by atoms with E-state index in [1.165, 1.54) is 12.1 Å². The van der Waals surface area contributed by atoms with E-state index >= 15 is 0 Å². The van der Waals surface area contributed by atoms with E-state index in [9.17, 15) is 9.59 Å². The van der Waals surface area contributed by atoms with Gasteiger partial charge in [0.05, 0.1) is 0 Å². The van der Waals surface area contributed by atoms with Crippen LogP contribution in [0.15, 0.2) is 12.1 Å². The number of carbonyl (C=O) groups excluding carboxylic acids is 2. The lowest BCUT2D eigenvalue weighted by molar-refractivity contribution is -0.122. The van der Waals surface area contributed by atoms with Crippen molar-refractivity contribution in [1.29, 1.82) is 0 Å². The second-order valence-electron chi connectivity index (χ2n) is 4.22. The van der Waals surface area contributed by atoms with E-state index in [0.29, 0.717) is 0 Å². The average molecular weight is 269 g/mol.